The van der Waals surface area contributed by atoms with Crippen molar-refractivity contribution in [2.24, 2.45) is 0 Å². The maximum atomic E-state index is 14.0. The summed E-state index contributed by atoms with van der Waals surface area (Å²) in [5, 5.41) is 0. The highest BCUT2D eigenvalue weighted by atomic mass is 19.1. The Kier molecular flexibility index (Phi) is 2.98. The fourth-order valence-electron chi connectivity index (χ4n) is 1.93. The minimum Gasteiger partial charge on any atom is -0.497 e. The van der Waals surface area contributed by atoms with Crippen LogP contribution in [0, 0.1) is 5.82 Å². The zero-order valence-electron chi connectivity index (χ0n) is 11.0. The van der Waals surface area contributed by atoms with Gasteiger partial charge in [-0.25, -0.2) is 9.37 Å². The zero-order chi connectivity index (χ0) is 14.1. The standard InChI is InChI=1S/C14H12FN3O2/c1-19-8-3-4-9(10(15)7-8)13-16-11-5-6-12(20-2)17-14(11)18-13/h3-7H,1-2H3,(H,16,17,18). The van der Waals surface area contributed by atoms with Crippen molar-refractivity contribution in [3.63, 3.8) is 0 Å². The smallest absolute Gasteiger partial charge is 0.215 e. The summed E-state index contributed by atoms with van der Waals surface area (Å²) in [6.45, 7) is 0. The Bertz CT molecular complexity index is 770. The van der Waals surface area contributed by atoms with Gasteiger partial charge in [0.15, 0.2) is 5.65 Å². The predicted molar refractivity (Wildman–Crippen MR) is 72.4 cm³/mol. The molecule has 0 radical (unpaired) electrons. The summed E-state index contributed by atoms with van der Waals surface area (Å²) in [5.74, 6) is 0.934. The number of imidazole rings is 1. The highest BCUT2D eigenvalue weighted by Crippen LogP contribution is 2.26. The van der Waals surface area contributed by atoms with Crippen LogP contribution in [-0.4, -0.2) is 29.2 Å². The molecule has 102 valence electrons. The fraction of sp³-hybridized carbons (Fsp3) is 0.143. The maximum absolute atomic E-state index is 14.0. The van der Waals surface area contributed by atoms with E-state index in [1.54, 1.807) is 24.3 Å². The molecule has 0 amide bonds. The van der Waals surface area contributed by atoms with Crippen LogP contribution in [0.3, 0.4) is 0 Å². The fourth-order valence-corrected chi connectivity index (χ4v) is 1.93. The number of nitrogens with zero attached hydrogens (tertiary/aromatic N) is 2. The number of H-pyrrole nitrogens is 1. The number of pyridine rings is 1. The molecule has 3 rings (SSSR count). The SMILES string of the molecule is COc1ccc(-c2nc3nc(OC)ccc3[nH]2)c(F)c1. The number of nitrogens with one attached hydrogen (secondary N) is 1. The van der Waals surface area contributed by atoms with E-state index in [9.17, 15) is 4.39 Å². The third-order valence-corrected chi connectivity index (χ3v) is 2.96. The number of halogens is 1. The molecule has 0 aliphatic carbocycles. The van der Waals surface area contributed by atoms with Crippen LogP contribution in [0.4, 0.5) is 4.39 Å². The molecule has 0 atom stereocenters. The number of benzene rings is 1. The molecular weight excluding hydrogens is 261 g/mol. The summed E-state index contributed by atoms with van der Waals surface area (Å²) in [4.78, 5) is 11.5. The van der Waals surface area contributed by atoms with Gasteiger partial charge in [-0.2, -0.15) is 4.98 Å². The lowest BCUT2D eigenvalue weighted by Crippen LogP contribution is -1.89. The van der Waals surface area contributed by atoms with Crippen LogP contribution in [0.1, 0.15) is 0 Å². The number of hydrogen-bond acceptors (Lipinski definition) is 4. The Labute approximate surface area is 114 Å². The Hall–Kier alpha value is -2.63. The second kappa shape index (κ2) is 4.80. The first-order chi connectivity index (χ1) is 9.71. The summed E-state index contributed by atoms with van der Waals surface area (Å²) in [6.07, 6.45) is 0. The van der Waals surface area contributed by atoms with Gasteiger partial charge >= 0.3 is 0 Å². The minimum atomic E-state index is -0.407. The molecule has 0 spiro atoms. The molecule has 0 saturated heterocycles. The highest BCUT2D eigenvalue weighted by Gasteiger charge is 2.12. The van der Waals surface area contributed by atoms with Gasteiger partial charge in [-0.05, 0) is 18.2 Å². The molecule has 0 aliphatic heterocycles. The van der Waals surface area contributed by atoms with Crippen molar-refractivity contribution >= 4 is 11.2 Å². The molecule has 1 N–H and O–H groups in total. The van der Waals surface area contributed by atoms with Gasteiger partial charge in [-0.1, -0.05) is 0 Å². The first kappa shape index (κ1) is 12.4. The summed E-state index contributed by atoms with van der Waals surface area (Å²) >= 11 is 0. The molecule has 0 fully saturated rings. The van der Waals surface area contributed by atoms with Gasteiger partial charge in [0, 0.05) is 12.1 Å². The van der Waals surface area contributed by atoms with E-state index in [-0.39, 0.29) is 0 Å². The Balaban J connectivity index is 2.10. The van der Waals surface area contributed by atoms with E-state index in [1.807, 2.05) is 0 Å². The average molecular weight is 273 g/mol. The summed E-state index contributed by atoms with van der Waals surface area (Å²) < 4.78 is 24.0. The molecule has 20 heavy (non-hydrogen) atoms. The molecule has 3 aromatic rings. The van der Waals surface area contributed by atoms with Crippen molar-refractivity contribution in [2.45, 2.75) is 0 Å². The first-order valence-corrected chi connectivity index (χ1v) is 5.96. The molecule has 5 nitrogen and oxygen atoms in total. The van der Waals surface area contributed by atoms with Crippen molar-refractivity contribution in [1.82, 2.24) is 15.0 Å². The van der Waals surface area contributed by atoms with Gasteiger partial charge in [0.25, 0.3) is 0 Å². The van der Waals surface area contributed by atoms with Crippen molar-refractivity contribution in [1.29, 1.82) is 0 Å². The lowest BCUT2D eigenvalue weighted by atomic mass is 10.2. The van der Waals surface area contributed by atoms with Crippen LogP contribution in [-0.2, 0) is 0 Å². The van der Waals surface area contributed by atoms with E-state index in [0.717, 1.165) is 5.52 Å². The number of rotatable bonds is 3. The van der Waals surface area contributed by atoms with E-state index in [2.05, 4.69) is 15.0 Å². The Morgan fingerprint density at radius 3 is 2.60 bits per heavy atom. The van der Waals surface area contributed by atoms with E-state index >= 15 is 0 Å². The summed E-state index contributed by atoms with van der Waals surface area (Å²) in [5.41, 5.74) is 1.56. The van der Waals surface area contributed by atoms with Crippen molar-refractivity contribution in [2.75, 3.05) is 14.2 Å². The van der Waals surface area contributed by atoms with E-state index < -0.39 is 5.82 Å². The van der Waals surface area contributed by atoms with Crippen LogP contribution in [0.2, 0.25) is 0 Å². The van der Waals surface area contributed by atoms with Gasteiger partial charge in [-0.15, -0.1) is 0 Å². The lowest BCUT2D eigenvalue weighted by molar-refractivity contribution is 0.399. The van der Waals surface area contributed by atoms with Crippen molar-refractivity contribution in [3.05, 3.63) is 36.1 Å². The topological polar surface area (TPSA) is 60.0 Å². The summed E-state index contributed by atoms with van der Waals surface area (Å²) in [7, 11) is 3.02. The van der Waals surface area contributed by atoms with Gasteiger partial charge in [0.05, 0.1) is 25.3 Å². The molecular formula is C14H12FN3O2. The summed E-state index contributed by atoms with van der Waals surface area (Å²) in [6, 6.07) is 8.12. The van der Waals surface area contributed by atoms with Crippen LogP contribution < -0.4 is 9.47 Å². The highest BCUT2D eigenvalue weighted by molar-refractivity contribution is 5.76. The van der Waals surface area contributed by atoms with Crippen LogP contribution >= 0.6 is 0 Å². The first-order valence-electron chi connectivity index (χ1n) is 5.96. The number of hydrogen-bond donors (Lipinski definition) is 1. The number of fused-ring (bicyclic) bond motifs is 1. The molecule has 6 heteroatoms. The van der Waals surface area contributed by atoms with Gasteiger partial charge in [-0.3, -0.25) is 0 Å². The van der Waals surface area contributed by atoms with Gasteiger partial charge < -0.3 is 14.5 Å². The van der Waals surface area contributed by atoms with Crippen LogP contribution in [0.15, 0.2) is 30.3 Å². The molecule has 2 aromatic heterocycles. The molecule has 1 aromatic carbocycles. The number of ether oxygens (including phenoxy) is 2. The Morgan fingerprint density at radius 1 is 1.05 bits per heavy atom. The van der Waals surface area contributed by atoms with Crippen LogP contribution in [0.5, 0.6) is 11.6 Å². The number of methoxy groups -OCH3 is 2. The van der Waals surface area contributed by atoms with E-state index in [4.69, 9.17) is 9.47 Å². The average Bonchev–Trinajstić information content (AvgIpc) is 2.89. The molecule has 0 aliphatic rings. The minimum absolute atomic E-state index is 0.364. The third kappa shape index (κ3) is 2.05. The Morgan fingerprint density at radius 2 is 1.90 bits per heavy atom. The molecule has 0 saturated carbocycles. The van der Waals surface area contributed by atoms with E-state index in [1.165, 1.54) is 20.3 Å². The zero-order valence-corrected chi connectivity index (χ0v) is 11.0. The largest absolute Gasteiger partial charge is 0.497 e. The third-order valence-electron chi connectivity index (χ3n) is 2.96. The monoisotopic (exact) mass is 273 g/mol. The van der Waals surface area contributed by atoms with Crippen LogP contribution in [0.25, 0.3) is 22.6 Å². The molecule has 2 heterocycles. The maximum Gasteiger partial charge on any atom is 0.215 e. The van der Waals surface area contributed by atoms with Crippen molar-refractivity contribution in [3.8, 4) is 23.0 Å². The quantitative estimate of drug-likeness (QED) is 0.797. The van der Waals surface area contributed by atoms with Crippen molar-refractivity contribution < 1.29 is 13.9 Å². The molecule has 0 unspecified atom stereocenters. The predicted octanol–water partition coefficient (Wildman–Crippen LogP) is 2.78. The lowest BCUT2D eigenvalue weighted by Gasteiger charge is -2.02. The van der Waals surface area contributed by atoms with Gasteiger partial charge in [0.1, 0.15) is 17.4 Å². The second-order valence-electron chi connectivity index (χ2n) is 4.16. The van der Waals surface area contributed by atoms with E-state index in [0.29, 0.717) is 28.7 Å². The normalized spacial score (nSPS) is 10.8. The molecule has 0 bridgehead atoms. The second-order valence-corrected chi connectivity index (χ2v) is 4.16. The van der Waals surface area contributed by atoms with Gasteiger partial charge in [0.2, 0.25) is 5.88 Å². The number of aromatic amines is 1. The number of aromatic nitrogens is 3.